The number of carboxylic acid groups (broad SMARTS) is 1. The summed E-state index contributed by atoms with van der Waals surface area (Å²) in [5, 5.41) is 8.87. The van der Waals surface area contributed by atoms with Crippen molar-refractivity contribution in [2.75, 3.05) is 14.2 Å². The molecular formula is C10H12BrNO4. The molecule has 3 N–H and O–H groups in total. The van der Waals surface area contributed by atoms with Gasteiger partial charge in [0.15, 0.2) is 0 Å². The minimum absolute atomic E-state index is 0.362. The molecule has 1 unspecified atom stereocenters. The average Bonchev–Trinajstić information content (AvgIpc) is 2.26. The van der Waals surface area contributed by atoms with Crippen molar-refractivity contribution in [3.05, 3.63) is 22.2 Å². The van der Waals surface area contributed by atoms with Crippen LogP contribution in [0, 0.1) is 0 Å². The zero-order chi connectivity index (χ0) is 12.3. The Bertz CT molecular complexity index is 408. The molecular weight excluding hydrogens is 278 g/mol. The quantitative estimate of drug-likeness (QED) is 0.879. The average molecular weight is 290 g/mol. The van der Waals surface area contributed by atoms with Crippen molar-refractivity contribution in [1.82, 2.24) is 0 Å². The van der Waals surface area contributed by atoms with E-state index in [2.05, 4.69) is 15.9 Å². The van der Waals surface area contributed by atoms with Gasteiger partial charge in [-0.25, -0.2) is 0 Å². The van der Waals surface area contributed by atoms with Crippen molar-refractivity contribution >= 4 is 21.9 Å². The summed E-state index contributed by atoms with van der Waals surface area (Å²) in [7, 11) is 2.94. The van der Waals surface area contributed by atoms with E-state index in [-0.39, 0.29) is 0 Å². The van der Waals surface area contributed by atoms with E-state index in [0.29, 0.717) is 21.5 Å². The number of benzene rings is 1. The van der Waals surface area contributed by atoms with E-state index < -0.39 is 12.0 Å². The van der Waals surface area contributed by atoms with Crippen molar-refractivity contribution in [2.24, 2.45) is 5.73 Å². The Morgan fingerprint density at radius 3 is 2.50 bits per heavy atom. The number of hydrogen-bond acceptors (Lipinski definition) is 4. The van der Waals surface area contributed by atoms with Crippen LogP contribution in [0.15, 0.2) is 16.6 Å². The minimum Gasteiger partial charge on any atom is -0.497 e. The Morgan fingerprint density at radius 2 is 2.06 bits per heavy atom. The zero-order valence-electron chi connectivity index (χ0n) is 8.86. The number of carboxylic acids is 1. The maximum Gasteiger partial charge on any atom is 0.325 e. The summed E-state index contributed by atoms with van der Waals surface area (Å²) < 4.78 is 10.7. The van der Waals surface area contributed by atoms with Gasteiger partial charge in [-0.1, -0.05) is 0 Å². The highest BCUT2D eigenvalue weighted by atomic mass is 79.9. The minimum atomic E-state index is -1.15. The number of hydrogen-bond donors (Lipinski definition) is 2. The first-order valence-electron chi connectivity index (χ1n) is 4.41. The summed E-state index contributed by atoms with van der Waals surface area (Å²) in [6.07, 6.45) is 0. The lowest BCUT2D eigenvalue weighted by Crippen LogP contribution is -2.21. The van der Waals surface area contributed by atoms with E-state index in [0.717, 1.165) is 0 Å². The largest absolute Gasteiger partial charge is 0.497 e. The monoisotopic (exact) mass is 289 g/mol. The number of halogens is 1. The van der Waals surface area contributed by atoms with E-state index in [4.69, 9.17) is 20.3 Å². The van der Waals surface area contributed by atoms with Crippen LogP contribution in [0.5, 0.6) is 11.5 Å². The van der Waals surface area contributed by atoms with Crippen LogP contribution in [0.25, 0.3) is 0 Å². The summed E-state index contributed by atoms with van der Waals surface area (Å²) in [6, 6.07) is 2.07. The molecule has 0 amide bonds. The van der Waals surface area contributed by atoms with E-state index in [1.807, 2.05) is 0 Å². The number of aliphatic carboxylic acids is 1. The van der Waals surface area contributed by atoms with Gasteiger partial charge in [-0.3, -0.25) is 4.79 Å². The van der Waals surface area contributed by atoms with Gasteiger partial charge in [0.25, 0.3) is 0 Å². The lowest BCUT2D eigenvalue weighted by molar-refractivity contribution is -0.138. The maximum absolute atomic E-state index is 10.8. The molecule has 1 atom stereocenters. The van der Waals surface area contributed by atoms with Gasteiger partial charge in [-0.2, -0.15) is 0 Å². The third-order valence-corrected chi connectivity index (χ3v) is 2.68. The highest BCUT2D eigenvalue weighted by Gasteiger charge is 2.21. The Balaban J connectivity index is 3.33. The molecule has 5 nitrogen and oxygen atoms in total. The molecule has 0 aromatic heterocycles. The second-order valence-electron chi connectivity index (χ2n) is 3.05. The van der Waals surface area contributed by atoms with Crippen molar-refractivity contribution in [3.63, 3.8) is 0 Å². The van der Waals surface area contributed by atoms with Gasteiger partial charge < -0.3 is 20.3 Å². The molecule has 88 valence electrons. The fourth-order valence-electron chi connectivity index (χ4n) is 1.29. The molecule has 0 fully saturated rings. The molecule has 16 heavy (non-hydrogen) atoms. The Labute approximate surface area is 101 Å². The van der Waals surface area contributed by atoms with Crippen LogP contribution in [0.4, 0.5) is 0 Å². The zero-order valence-corrected chi connectivity index (χ0v) is 10.4. The Hall–Kier alpha value is -1.27. The molecule has 0 spiro atoms. The van der Waals surface area contributed by atoms with Crippen LogP contribution >= 0.6 is 15.9 Å². The van der Waals surface area contributed by atoms with Crippen LogP contribution < -0.4 is 15.2 Å². The standard InChI is InChI=1S/C10H12BrNO4/c1-15-5-3-6(8(12)10(13)14)9(16-2)7(11)4-5/h3-4,8H,12H2,1-2H3,(H,13,14). The third kappa shape index (κ3) is 2.45. The number of rotatable bonds is 4. The van der Waals surface area contributed by atoms with Gasteiger partial charge in [0, 0.05) is 5.56 Å². The van der Waals surface area contributed by atoms with Crippen molar-refractivity contribution in [3.8, 4) is 11.5 Å². The molecule has 0 radical (unpaired) electrons. The molecule has 0 aliphatic carbocycles. The van der Waals surface area contributed by atoms with Gasteiger partial charge >= 0.3 is 5.97 Å². The molecule has 0 heterocycles. The van der Waals surface area contributed by atoms with Crippen LogP contribution in [-0.2, 0) is 4.79 Å². The lowest BCUT2D eigenvalue weighted by atomic mass is 10.1. The summed E-state index contributed by atoms with van der Waals surface area (Å²) in [6.45, 7) is 0. The maximum atomic E-state index is 10.8. The third-order valence-electron chi connectivity index (χ3n) is 2.09. The SMILES string of the molecule is COc1cc(Br)c(OC)c(C(N)C(=O)O)c1. The van der Waals surface area contributed by atoms with Gasteiger partial charge in [0.1, 0.15) is 17.5 Å². The van der Waals surface area contributed by atoms with E-state index >= 15 is 0 Å². The Morgan fingerprint density at radius 1 is 1.44 bits per heavy atom. The van der Waals surface area contributed by atoms with Gasteiger partial charge in [0.05, 0.1) is 18.7 Å². The van der Waals surface area contributed by atoms with E-state index in [9.17, 15) is 4.79 Å². The topological polar surface area (TPSA) is 81.8 Å². The highest BCUT2D eigenvalue weighted by molar-refractivity contribution is 9.10. The van der Waals surface area contributed by atoms with Crippen LogP contribution in [0.1, 0.15) is 11.6 Å². The Kier molecular flexibility index (Phi) is 4.14. The lowest BCUT2D eigenvalue weighted by Gasteiger charge is -2.15. The fraction of sp³-hybridized carbons (Fsp3) is 0.300. The van der Waals surface area contributed by atoms with Gasteiger partial charge in [0.2, 0.25) is 0 Å². The van der Waals surface area contributed by atoms with E-state index in [1.165, 1.54) is 14.2 Å². The van der Waals surface area contributed by atoms with E-state index in [1.54, 1.807) is 12.1 Å². The fourth-order valence-corrected chi connectivity index (χ4v) is 1.90. The summed E-state index contributed by atoms with van der Waals surface area (Å²) in [5.74, 6) is -0.214. The van der Waals surface area contributed by atoms with Crippen LogP contribution in [0.3, 0.4) is 0 Å². The predicted octanol–water partition coefficient (Wildman–Crippen LogP) is 1.55. The van der Waals surface area contributed by atoms with Crippen LogP contribution in [0.2, 0.25) is 0 Å². The first-order valence-corrected chi connectivity index (χ1v) is 5.20. The second-order valence-corrected chi connectivity index (χ2v) is 3.90. The van der Waals surface area contributed by atoms with Crippen LogP contribution in [-0.4, -0.2) is 25.3 Å². The summed E-state index contributed by atoms with van der Waals surface area (Å²) in [5.41, 5.74) is 5.91. The summed E-state index contributed by atoms with van der Waals surface area (Å²) in [4.78, 5) is 10.8. The predicted molar refractivity (Wildman–Crippen MR) is 61.8 cm³/mol. The molecule has 6 heteroatoms. The number of nitrogens with two attached hydrogens (primary N) is 1. The first kappa shape index (κ1) is 12.8. The van der Waals surface area contributed by atoms with Crippen molar-refractivity contribution in [2.45, 2.75) is 6.04 Å². The molecule has 1 rings (SSSR count). The molecule has 1 aromatic rings. The normalized spacial score (nSPS) is 12.0. The molecule has 0 aliphatic rings. The smallest absolute Gasteiger partial charge is 0.325 e. The first-order chi connectivity index (χ1) is 7.51. The van der Waals surface area contributed by atoms with Gasteiger partial charge in [-0.15, -0.1) is 0 Å². The molecule has 1 aromatic carbocycles. The molecule has 0 saturated heterocycles. The van der Waals surface area contributed by atoms with Crippen molar-refractivity contribution in [1.29, 1.82) is 0 Å². The number of methoxy groups -OCH3 is 2. The highest BCUT2D eigenvalue weighted by Crippen LogP contribution is 2.36. The molecule has 0 aliphatic heterocycles. The summed E-state index contributed by atoms with van der Waals surface area (Å²) >= 11 is 3.26. The second kappa shape index (κ2) is 5.18. The molecule has 0 saturated carbocycles. The van der Waals surface area contributed by atoms with Gasteiger partial charge in [-0.05, 0) is 28.1 Å². The van der Waals surface area contributed by atoms with Crippen molar-refractivity contribution < 1.29 is 19.4 Å². The number of ether oxygens (including phenoxy) is 2. The number of carbonyl (C=O) groups is 1. The molecule has 0 bridgehead atoms.